The van der Waals surface area contributed by atoms with Crippen LogP contribution in [0.5, 0.6) is 0 Å². The Hall–Kier alpha value is -0.470. The Morgan fingerprint density at radius 3 is 2.73 bits per heavy atom. The third-order valence-corrected chi connectivity index (χ3v) is 3.99. The maximum absolute atomic E-state index is 3.53. The first-order valence-electron chi connectivity index (χ1n) is 5.75. The summed E-state index contributed by atoms with van der Waals surface area (Å²) in [4.78, 5) is 1.37. The molecule has 0 heterocycles. The second kappa shape index (κ2) is 5.57. The Labute approximate surface area is 96.7 Å². The monoisotopic (exact) mass is 221 g/mol. The molecule has 1 aliphatic rings. The van der Waals surface area contributed by atoms with Crippen molar-refractivity contribution in [3.63, 3.8) is 0 Å². The minimum absolute atomic E-state index is 0.965. The molecule has 2 rings (SSSR count). The van der Waals surface area contributed by atoms with Crippen LogP contribution < -0.4 is 5.32 Å². The molecule has 2 atom stereocenters. The molecule has 82 valence electrons. The van der Waals surface area contributed by atoms with E-state index in [-0.39, 0.29) is 0 Å². The summed E-state index contributed by atoms with van der Waals surface area (Å²) in [5.74, 6) is 3.11. The molecule has 0 aliphatic heterocycles. The topological polar surface area (TPSA) is 12.0 Å². The second-order valence-corrected chi connectivity index (χ2v) is 5.51. The van der Waals surface area contributed by atoms with Gasteiger partial charge < -0.3 is 5.32 Å². The Morgan fingerprint density at radius 1 is 1.33 bits per heavy atom. The molecule has 1 aromatic carbocycles. The van der Waals surface area contributed by atoms with Gasteiger partial charge in [-0.1, -0.05) is 25.1 Å². The Morgan fingerprint density at radius 2 is 2.07 bits per heavy atom. The summed E-state index contributed by atoms with van der Waals surface area (Å²) in [6, 6.07) is 10.6. The summed E-state index contributed by atoms with van der Waals surface area (Å²) in [5, 5.41) is 3.53. The number of thioether (sulfide) groups is 1. The van der Waals surface area contributed by atoms with Crippen LogP contribution in [0.2, 0.25) is 0 Å². The Kier molecular flexibility index (Phi) is 4.09. The molecule has 0 amide bonds. The summed E-state index contributed by atoms with van der Waals surface area (Å²) < 4.78 is 0. The predicted molar refractivity (Wildman–Crippen MR) is 67.3 cm³/mol. The van der Waals surface area contributed by atoms with Crippen molar-refractivity contribution in [3.05, 3.63) is 30.3 Å². The van der Waals surface area contributed by atoms with E-state index in [1.807, 2.05) is 11.8 Å². The minimum Gasteiger partial charge on any atom is -0.316 e. The van der Waals surface area contributed by atoms with Gasteiger partial charge in [-0.25, -0.2) is 0 Å². The standard InChI is InChI=1S/C13H19NS/c1-11-9-12(11)10-14-7-8-15-13-5-3-2-4-6-13/h2-6,11-12,14H,7-10H2,1H3. The summed E-state index contributed by atoms with van der Waals surface area (Å²) in [6.07, 6.45) is 1.43. The van der Waals surface area contributed by atoms with E-state index in [0.717, 1.165) is 18.4 Å². The van der Waals surface area contributed by atoms with Crippen molar-refractivity contribution < 1.29 is 0 Å². The quantitative estimate of drug-likeness (QED) is 0.585. The van der Waals surface area contributed by atoms with E-state index < -0.39 is 0 Å². The molecule has 1 fully saturated rings. The maximum Gasteiger partial charge on any atom is 0.0106 e. The summed E-state index contributed by atoms with van der Waals surface area (Å²) in [5.41, 5.74) is 0. The van der Waals surface area contributed by atoms with Crippen molar-refractivity contribution in [1.29, 1.82) is 0 Å². The average Bonchev–Trinajstić information content (AvgIpc) is 2.96. The van der Waals surface area contributed by atoms with Crippen LogP contribution in [0.15, 0.2) is 35.2 Å². The van der Waals surface area contributed by atoms with E-state index in [4.69, 9.17) is 0 Å². The number of nitrogens with one attached hydrogen (secondary N) is 1. The van der Waals surface area contributed by atoms with Crippen molar-refractivity contribution in [2.75, 3.05) is 18.8 Å². The summed E-state index contributed by atoms with van der Waals surface area (Å²) in [6.45, 7) is 4.68. The molecule has 0 radical (unpaired) electrons. The molecular weight excluding hydrogens is 202 g/mol. The highest BCUT2D eigenvalue weighted by Gasteiger charge is 2.31. The van der Waals surface area contributed by atoms with Crippen LogP contribution in [0.1, 0.15) is 13.3 Å². The van der Waals surface area contributed by atoms with Gasteiger partial charge in [0.15, 0.2) is 0 Å². The molecule has 0 aromatic heterocycles. The number of rotatable bonds is 6. The largest absolute Gasteiger partial charge is 0.316 e. The van der Waals surface area contributed by atoms with E-state index in [9.17, 15) is 0 Å². The highest BCUT2D eigenvalue weighted by molar-refractivity contribution is 7.99. The average molecular weight is 221 g/mol. The number of benzene rings is 1. The molecule has 2 unspecified atom stereocenters. The first-order valence-corrected chi connectivity index (χ1v) is 6.73. The Bertz CT molecular complexity index is 286. The third kappa shape index (κ3) is 3.88. The van der Waals surface area contributed by atoms with Gasteiger partial charge in [0.2, 0.25) is 0 Å². The van der Waals surface area contributed by atoms with Gasteiger partial charge in [0.25, 0.3) is 0 Å². The first kappa shape index (κ1) is 11.0. The van der Waals surface area contributed by atoms with Crippen LogP contribution in [0.25, 0.3) is 0 Å². The fourth-order valence-corrected chi connectivity index (χ4v) is 2.56. The number of hydrogen-bond donors (Lipinski definition) is 1. The van der Waals surface area contributed by atoms with Gasteiger partial charge in [0.1, 0.15) is 0 Å². The summed E-state index contributed by atoms with van der Waals surface area (Å²) >= 11 is 1.93. The zero-order chi connectivity index (χ0) is 10.5. The van der Waals surface area contributed by atoms with Crippen molar-refractivity contribution in [2.45, 2.75) is 18.2 Å². The highest BCUT2D eigenvalue weighted by Crippen LogP contribution is 2.36. The molecule has 0 bridgehead atoms. The second-order valence-electron chi connectivity index (χ2n) is 4.34. The predicted octanol–water partition coefficient (Wildman–Crippen LogP) is 3.02. The van der Waals surface area contributed by atoms with E-state index >= 15 is 0 Å². The molecule has 0 saturated heterocycles. The van der Waals surface area contributed by atoms with Gasteiger partial charge in [0, 0.05) is 17.2 Å². The van der Waals surface area contributed by atoms with Crippen LogP contribution >= 0.6 is 11.8 Å². The molecule has 0 spiro atoms. The van der Waals surface area contributed by atoms with Gasteiger partial charge >= 0.3 is 0 Å². The van der Waals surface area contributed by atoms with E-state index in [0.29, 0.717) is 0 Å². The lowest BCUT2D eigenvalue weighted by atomic mass is 10.3. The molecular formula is C13H19NS. The van der Waals surface area contributed by atoms with Crippen molar-refractivity contribution in [3.8, 4) is 0 Å². The minimum atomic E-state index is 0.965. The fourth-order valence-electron chi connectivity index (χ4n) is 1.73. The van der Waals surface area contributed by atoms with E-state index in [1.165, 1.54) is 23.6 Å². The van der Waals surface area contributed by atoms with Gasteiger partial charge in [-0.05, 0) is 36.9 Å². The first-order chi connectivity index (χ1) is 7.36. The normalized spacial score (nSPS) is 24.1. The smallest absolute Gasteiger partial charge is 0.0106 e. The van der Waals surface area contributed by atoms with Gasteiger partial charge in [-0.15, -0.1) is 11.8 Å². The van der Waals surface area contributed by atoms with Crippen LogP contribution in [-0.4, -0.2) is 18.8 Å². The van der Waals surface area contributed by atoms with Crippen molar-refractivity contribution in [2.24, 2.45) is 11.8 Å². The molecule has 1 aliphatic carbocycles. The molecule has 1 aromatic rings. The lowest BCUT2D eigenvalue weighted by Crippen LogP contribution is -2.20. The molecule has 1 N–H and O–H groups in total. The highest BCUT2D eigenvalue weighted by atomic mass is 32.2. The van der Waals surface area contributed by atoms with Gasteiger partial charge in [0.05, 0.1) is 0 Å². The molecule has 1 saturated carbocycles. The van der Waals surface area contributed by atoms with Gasteiger partial charge in [-0.3, -0.25) is 0 Å². The van der Waals surface area contributed by atoms with Crippen molar-refractivity contribution in [1.82, 2.24) is 5.32 Å². The van der Waals surface area contributed by atoms with E-state index in [1.54, 1.807) is 0 Å². The van der Waals surface area contributed by atoms with Crippen LogP contribution in [0.4, 0.5) is 0 Å². The van der Waals surface area contributed by atoms with Crippen LogP contribution in [-0.2, 0) is 0 Å². The lowest BCUT2D eigenvalue weighted by Gasteiger charge is -2.03. The Balaban J connectivity index is 1.52. The fraction of sp³-hybridized carbons (Fsp3) is 0.538. The molecule has 2 heteroatoms. The zero-order valence-electron chi connectivity index (χ0n) is 9.28. The van der Waals surface area contributed by atoms with Crippen molar-refractivity contribution >= 4 is 11.8 Å². The zero-order valence-corrected chi connectivity index (χ0v) is 10.1. The van der Waals surface area contributed by atoms with E-state index in [2.05, 4.69) is 42.6 Å². The lowest BCUT2D eigenvalue weighted by molar-refractivity contribution is 0.634. The summed E-state index contributed by atoms with van der Waals surface area (Å²) in [7, 11) is 0. The van der Waals surface area contributed by atoms with Gasteiger partial charge in [-0.2, -0.15) is 0 Å². The SMILES string of the molecule is CC1CC1CNCCSc1ccccc1. The molecule has 1 nitrogen and oxygen atoms in total. The molecule has 15 heavy (non-hydrogen) atoms. The third-order valence-electron chi connectivity index (χ3n) is 2.97. The van der Waals surface area contributed by atoms with Crippen LogP contribution in [0, 0.1) is 11.8 Å². The van der Waals surface area contributed by atoms with Crippen LogP contribution in [0.3, 0.4) is 0 Å². The maximum atomic E-state index is 3.53. The number of hydrogen-bond acceptors (Lipinski definition) is 2.